The van der Waals surface area contributed by atoms with Crippen molar-refractivity contribution in [1.82, 2.24) is 20.1 Å². The second kappa shape index (κ2) is 7.18. The number of aryl methyl sites for hydroxylation is 1. The van der Waals surface area contributed by atoms with E-state index in [0.717, 1.165) is 23.0 Å². The van der Waals surface area contributed by atoms with Gasteiger partial charge in [0, 0.05) is 29.8 Å². The molecule has 0 aliphatic carbocycles. The van der Waals surface area contributed by atoms with Crippen LogP contribution >= 0.6 is 0 Å². The van der Waals surface area contributed by atoms with Crippen LogP contribution in [0.5, 0.6) is 0 Å². The molecule has 2 heterocycles. The Morgan fingerprint density at radius 2 is 2.25 bits per heavy atom. The molecule has 3 aromatic rings. The third-order valence-corrected chi connectivity index (χ3v) is 3.91. The first kappa shape index (κ1) is 16.1. The number of nitrogens with zero attached hydrogens (tertiary/aromatic N) is 2. The van der Waals surface area contributed by atoms with Crippen molar-refractivity contribution in [3.8, 4) is 0 Å². The molecule has 0 saturated heterocycles. The topological polar surface area (TPSA) is 95.0 Å². The summed E-state index contributed by atoms with van der Waals surface area (Å²) in [6.45, 7) is 2.57. The maximum atomic E-state index is 12.1. The van der Waals surface area contributed by atoms with E-state index in [-0.39, 0.29) is 18.7 Å². The van der Waals surface area contributed by atoms with Crippen LogP contribution in [0.15, 0.2) is 42.9 Å². The third-order valence-electron chi connectivity index (χ3n) is 3.91. The van der Waals surface area contributed by atoms with E-state index in [1.165, 1.54) is 0 Å². The van der Waals surface area contributed by atoms with Crippen molar-refractivity contribution in [2.75, 3.05) is 11.9 Å². The fourth-order valence-corrected chi connectivity index (χ4v) is 2.68. The fourth-order valence-electron chi connectivity index (χ4n) is 2.68. The van der Waals surface area contributed by atoms with Gasteiger partial charge in [-0.3, -0.25) is 4.68 Å². The average Bonchev–Trinajstić information content (AvgIpc) is 3.21. The number of aliphatic hydroxyl groups is 1. The first-order valence-electron chi connectivity index (χ1n) is 7.95. The number of hydrogen-bond donors (Lipinski definition) is 4. The summed E-state index contributed by atoms with van der Waals surface area (Å²) in [7, 11) is 0. The second-order valence-electron chi connectivity index (χ2n) is 5.63. The maximum Gasteiger partial charge on any atom is 0.319 e. The van der Waals surface area contributed by atoms with Gasteiger partial charge < -0.3 is 20.7 Å². The predicted molar refractivity (Wildman–Crippen MR) is 92.9 cm³/mol. The Labute approximate surface area is 139 Å². The minimum atomic E-state index is -0.370. The molecule has 4 N–H and O–H groups in total. The zero-order valence-corrected chi connectivity index (χ0v) is 13.5. The van der Waals surface area contributed by atoms with E-state index in [9.17, 15) is 9.90 Å². The molecule has 24 heavy (non-hydrogen) atoms. The van der Waals surface area contributed by atoms with Crippen LogP contribution in [0.3, 0.4) is 0 Å². The molecule has 0 radical (unpaired) electrons. The minimum absolute atomic E-state index is 0.138. The lowest BCUT2D eigenvalue weighted by molar-refractivity contribution is 0.224. The SMILES string of the molecule is CCn1cc(NC(=O)N[C@@H](CO)Cc2c[nH]c3ccccc23)cn1. The highest BCUT2D eigenvalue weighted by molar-refractivity contribution is 5.89. The summed E-state index contributed by atoms with van der Waals surface area (Å²) in [5, 5.41) is 20.3. The van der Waals surface area contributed by atoms with Gasteiger partial charge in [-0.05, 0) is 25.0 Å². The van der Waals surface area contributed by atoms with Gasteiger partial charge in [-0.2, -0.15) is 5.10 Å². The highest BCUT2D eigenvalue weighted by atomic mass is 16.3. The van der Waals surface area contributed by atoms with Gasteiger partial charge >= 0.3 is 6.03 Å². The first-order valence-corrected chi connectivity index (χ1v) is 7.95. The van der Waals surface area contributed by atoms with Crippen molar-refractivity contribution in [3.63, 3.8) is 0 Å². The van der Waals surface area contributed by atoms with Crippen molar-refractivity contribution < 1.29 is 9.90 Å². The quantitative estimate of drug-likeness (QED) is 0.558. The predicted octanol–water partition coefficient (Wildman–Crippen LogP) is 2.11. The number of carbonyl (C=O) groups is 1. The van der Waals surface area contributed by atoms with E-state index in [1.54, 1.807) is 17.1 Å². The number of rotatable bonds is 6. The number of hydrogen-bond acceptors (Lipinski definition) is 3. The smallest absolute Gasteiger partial charge is 0.319 e. The summed E-state index contributed by atoms with van der Waals surface area (Å²) in [6.07, 6.45) is 5.81. The normalized spacial score (nSPS) is 12.2. The summed E-state index contributed by atoms with van der Waals surface area (Å²) in [5.74, 6) is 0. The number of aromatic nitrogens is 3. The summed E-state index contributed by atoms with van der Waals surface area (Å²) >= 11 is 0. The molecule has 0 aliphatic heterocycles. The molecule has 126 valence electrons. The minimum Gasteiger partial charge on any atom is -0.394 e. The molecule has 0 bridgehead atoms. The van der Waals surface area contributed by atoms with E-state index < -0.39 is 0 Å². The lowest BCUT2D eigenvalue weighted by atomic mass is 10.1. The Bertz CT molecular complexity index is 823. The summed E-state index contributed by atoms with van der Waals surface area (Å²) in [5.41, 5.74) is 2.72. The van der Waals surface area contributed by atoms with Crippen molar-refractivity contribution in [1.29, 1.82) is 0 Å². The van der Waals surface area contributed by atoms with Crippen molar-refractivity contribution in [2.24, 2.45) is 0 Å². The van der Waals surface area contributed by atoms with Crippen LogP contribution in [0.25, 0.3) is 10.9 Å². The van der Waals surface area contributed by atoms with E-state index in [2.05, 4.69) is 20.7 Å². The third kappa shape index (κ3) is 3.57. The largest absolute Gasteiger partial charge is 0.394 e. The van der Waals surface area contributed by atoms with Gasteiger partial charge in [0.05, 0.1) is 24.5 Å². The lowest BCUT2D eigenvalue weighted by Gasteiger charge is -2.16. The average molecular weight is 327 g/mol. The number of aromatic amines is 1. The number of para-hydroxylation sites is 1. The Morgan fingerprint density at radius 1 is 1.42 bits per heavy atom. The molecule has 3 rings (SSSR count). The van der Waals surface area contributed by atoms with Gasteiger partial charge in [-0.25, -0.2) is 4.79 Å². The number of carbonyl (C=O) groups excluding carboxylic acids is 1. The molecule has 0 saturated carbocycles. The van der Waals surface area contributed by atoms with Gasteiger partial charge in [0.25, 0.3) is 0 Å². The monoisotopic (exact) mass is 327 g/mol. The van der Waals surface area contributed by atoms with Gasteiger partial charge in [-0.1, -0.05) is 18.2 Å². The van der Waals surface area contributed by atoms with Crippen LogP contribution in [0.4, 0.5) is 10.5 Å². The van der Waals surface area contributed by atoms with E-state index in [4.69, 9.17) is 0 Å². The van der Waals surface area contributed by atoms with Gasteiger partial charge in [0.15, 0.2) is 0 Å². The van der Waals surface area contributed by atoms with Gasteiger partial charge in [-0.15, -0.1) is 0 Å². The Hall–Kier alpha value is -2.80. The number of urea groups is 1. The highest BCUT2D eigenvalue weighted by Crippen LogP contribution is 2.19. The number of anilines is 1. The Morgan fingerprint density at radius 3 is 3.00 bits per heavy atom. The van der Waals surface area contributed by atoms with E-state index in [0.29, 0.717) is 12.1 Å². The van der Waals surface area contributed by atoms with Crippen LogP contribution in [-0.4, -0.2) is 38.6 Å². The standard InChI is InChI=1S/C17H21N5O2/c1-2-22-10-14(9-19-22)21-17(24)20-13(11-23)7-12-8-18-16-6-4-3-5-15(12)16/h3-6,8-10,13,18,23H,2,7,11H2,1H3,(H2,20,21,24)/t13-/m1/s1. The van der Waals surface area contributed by atoms with Crippen LogP contribution in [0.1, 0.15) is 12.5 Å². The second-order valence-corrected chi connectivity index (χ2v) is 5.63. The van der Waals surface area contributed by atoms with Crippen LogP contribution in [0, 0.1) is 0 Å². The summed E-state index contributed by atoms with van der Waals surface area (Å²) in [6, 6.07) is 7.23. The molecular formula is C17H21N5O2. The molecule has 0 unspecified atom stereocenters. The molecule has 0 aliphatic rings. The van der Waals surface area contributed by atoms with Crippen molar-refractivity contribution in [2.45, 2.75) is 25.9 Å². The summed E-state index contributed by atoms with van der Waals surface area (Å²) < 4.78 is 1.73. The molecule has 1 aromatic carbocycles. The number of amides is 2. The molecule has 1 atom stereocenters. The summed E-state index contributed by atoms with van der Waals surface area (Å²) in [4.78, 5) is 15.3. The number of benzene rings is 1. The molecule has 2 amide bonds. The van der Waals surface area contributed by atoms with Crippen LogP contribution in [0.2, 0.25) is 0 Å². The van der Waals surface area contributed by atoms with E-state index in [1.807, 2.05) is 37.4 Å². The molecule has 0 spiro atoms. The highest BCUT2D eigenvalue weighted by Gasteiger charge is 2.15. The van der Waals surface area contributed by atoms with Crippen molar-refractivity contribution in [3.05, 3.63) is 48.4 Å². The molecule has 0 fully saturated rings. The van der Waals surface area contributed by atoms with Gasteiger partial charge in [0.1, 0.15) is 0 Å². The molecule has 7 heteroatoms. The van der Waals surface area contributed by atoms with E-state index >= 15 is 0 Å². The van der Waals surface area contributed by atoms with Gasteiger partial charge in [0.2, 0.25) is 0 Å². The zero-order chi connectivity index (χ0) is 16.9. The fraction of sp³-hybridized carbons (Fsp3) is 0.294. The maximum absolute atomic E-state index is 12.1. The lowest BCUT2D eigenvalue weighted by Crippen LogP contribution is -2.41. The first-order chi connectivity index (χ1) is 11.7. The zero-order valence-electron chi connectivity index (χ0n) is 13.5. The number of aliphatic hydroxyl groups excluding tert-OH is 1. The Kier molecular flexibility index (Phi) is 4.81. The van der Waals surface area contributed by atoms with Crippen LogP contribution in [-0.2, 0) is 13.0 Å². The van der Waals surface area contributed by atoms with Crippen LogP contribution < -0.4 is 10.6 Å². The number of nitrogens with one attached hydrogen (secondary N) is 3. The number of fused-ring (bicyclic) bond motifs is 1. The molecule has 2 aromatic heterocycles. The number of H-pyrrole nitrogens is 1. The molecule has 7 nitrogen and oxygen atoms in total. The van der Waals surface area contributed by atoms with Crippen molar-refractivity contribution >= 4 is 22.6 Å². The molecular weight excluding hydrogens is 306 g/mol. The Balaban J connectivity index is 1.62.